The van der Waals surface area contributed by atoms with Gasteiger partial charge in [0.1, 0.15) is 5.75 Å². The molecule has 0 aliphatic carbocycles. The predicted octanol–water partition coefficient (Wildman–Crippen LogP) is 2.65. The molecule has 1 aromatic rings. The molecule has 1 aliphatic rings. The lowest BCUT2D eigenvalue weighted by molar-refractivity contribution is 0.160. The van der Waals surface area contributed by atoms with Crippen molar-refractivity contribution in [2.45, 2.75) is 32.2 Å². The molecule has 1 atom stereocenters. The number of ether oxygens (including phenoxy) is 1. The first-order valence-corrected chi connectivity index (χ1v) is 7.37. The second-order valence-electron chi connectivity index (χ2n) is 5.52. The Morgan fingerprint density at radius 2 is 2.11 bits per heavy atom. The number of hydrogen-bond acceptors (Lipinski definition) is 3. The van der Waals surface area contributed by atoms with Crippen LogP contribution in [0.2, 0.25) is 0 Å². The Balaban J connectivity index is 1.83. The van der Waals surface area contributed by atoms with Crippen LogP contribution in [-0.4, -0.2) is 31.6 Å². The molecule has 1 aliphatic heterocycles. The fourth-order valence-corrected chi connectivity index (χ4v) is 2.93. The van der Waals surface area contributed by atoms with Gasteiger partial charge in [0.2, 0.25) is 0 Å². The monoisotopic (exact) mass is 262 g/mol. The van der Waals surface area contributed by atoms with E-state index in [1.807, 2.05) is 12.1 Å². The molecule has 2 N–H and O–H groups in total. The molecule has 1 unspecified atom stereocenters. The standard InChI is InChI=1S/C16H26N2O/c1-19-16-8-6-15(7-9-16)13-18-11-3-5-14(12-18)4-2-10-17/h6-9,14H,2-5,10-13,17H2,1H3. The van der Waals surface area contributed by atoms with Gasteiger partial charge in [-0.15, -0.1) is 0 Å². The van der Waals surface area contributed by atoms with E-state index in [9.17, 15) is 0 Å². The number of piperidine rings is 1. The van der Waals surface area contributed by atoms with Crippen LogP contribution in [0.5, 0.6) is 5.75 Å². The largest absolute Gasteiger partial charge is 0.497 e. The maximum Gasteiger partial charge on any atom is 0.118 e. The summed E-state index contributed by atoms with van der Waals surface area (Å²) >= 11 is 0. The lowest BCUT2D eigenvalue weighted by atomic mass is 9.93. The van der Waals surface area contributed by atoms with Crippen molar-refractivity contribution in [2.75, 3.05) is 26.7 Å². The third kappa shape index (κ3) is 4.51. The quantitative estimate of drug-likeness (QED) is 0.856. The summed E-state index contributed by atoms with van der Waals surface area (Å²) in [5.41, 5.74) is 6.98. The molecule has 0 amide bonds. The summed E-state index contributed by atoms with van der Waals surface area (Å²) in [7, 11) is 1.71. The summed E-state index contributed by atoms with van der Waals surface area (Å²) in [5.74, 6) is 1.78. The zero-order chi connectivity index (χ0) is 13.5. The van der Waals surface area contributed by atoms with E-state index in [0.717, 1.165) is 24.8 Å². The molecule has 0 spiro atoms. The van der Waals surface area contributed by atoms with Gasteiger partial charge in [0, 0.05) is 13.1 Å². The van der Waals surface area contributed by atoms with E-state index in [1.165, 1.54) is 44.3 Å². The van der Waals surface area contributed by atoms with Gasteiger partial charge in [-0.25, -0.2) is 0 Å². The average Bonchev–Trinajstić information content (AvgIpc) is 2.46. The fourth-order valence-electron chi connectivity index (χ4n) is 2.93. The molecule has 19 heavy (non-hydrogen) atoms. The number of hydrogen-bond donors (Lipinski definition) is 1. The van der Waals surface area contributed by atoms with Crippen molar-refractivity contribution in [3.63, 3.8) is 0 Å². The maximum atomic E-state index is 5.61. The van der Waals surface area contributed by atoms with Gasteiger partial charge < -0.3 is 10.5 Å². The van der Waals surface area contributed by atoms with E-state index in [0.29, 0.717) is 0 Å². The van der Waals surface area contributed by atoms with Crippen molar-refractivity contribution < 1.29 is 4.74 Å². The Morgan fingerprint density at radius 3 is 2.79 bits per heavy atom. The van der Waals surface area contributed by atoms with Crippen LogP contribution >= 0.6 is 0 Å². The number of likely N-dealkylation sites (tertiary alicyclic amines) is 1. The SMILES string of the molecule is COc1ccc(CN2CCCC(CCCN)C2)cc1. The molecule has 0 radical (unpaired) electrons. The minimum absolute atomic E-state index is 0.828. The Morgan fingerprint density at radius 1 is 1.32 bits per heavy atom. The van der Waals surface area contributed by atoms with Gasteiger partial charge in [0.15, 0.2) is 0 Å². The van der Waals surface area contributed by atoms with Crippen LogP contribution < -0.4 is 10.5 Å². The van der Waals surface area contributed by atoms with Crippen molar-refractivity contribution in [2.24, 2.45) is 11.7 Å². The van der Waals surface area contributed by atoms with Gasteiger partial charge in [-0.3, -0.25) is 4.90 Å². The van der Waals surface area contributed by atoms with Gasteiger partial charge in [-0.1, -0.05) is 12.1 Å². The first-order valence-electron chi connectivity index (χ1n) is 7.37. The third-order valence-corrected chi connectivity index (χ3v) is 3.98. The molecule has 3 nitrogen and oxygen atoms in total. The van der Waals surface area contributed by atoms with Crippen molar-refractivity contribution in [1.29, 1.82) is 0 Å². The molecule has 1 heterocycles. The van der Waals surface area contributed by atoms with Crippen LogP contribution in [0.25, 0.3) is 0 Å². The molecule has 2 rings (SSSR count). The molecule has 1 aromatic carbocycles. The lowest BCUT2D eigenvalue weighted by Crippen LogP contribution is -2.35. The Bertz CT molecular complexity index is 364. The highest BCUT2D eigenvalue weighted by Crippen LogP contribution is 2.22. The molecular formula is C16H26N2O. The third-order valence-electron chi connectivity index (χ3n) is 3.98. The first-order chi connectivity index (χ1) is 9.31. The Kier molecular flexibility index (Phi) is 5.67. The molecule has 0 bridgehead atoms. The van der Waals surface area contributed by atoms with Gasteiger partial charge in [0.25, 0.3) is 0 Å². The number of benzene rings is 1. The van der Waals surface area contributed by atoms with E-state index in [1.54, 1.807) is 7.11 Å². The predicted molar refractivity (Wildman–Crippen MR) is 79.3 cm³/mol. The van der Waals surface area contributed by atoms with E-state index in [-0.39, 0.29) is 0 Å². The number of rotatable bonds is 6. The van der Waals surface area contributed by atoms with Crippen LogP contribution in [0, 0.1) is 5.92 Å². The highest BCUT2D eigenvalue weighted by molar-refractivity contribution is 5.27. The summed E-state index contributed by atoms with van der Waals surface area (Å²) in [4.78, 5) is 2.58. The van der Waals surface area contributed by atoms with Gasteiger partial charge >= 0.3 is 0 Å². The van der Waals surface area contributed by atoms with E-state index >= 15 is 0 Å². The minimum atomic E-state index is 0.828. The first kappa shape index (κ1) is 14.4. The Hall–Kier alpha value is -1.06. The van der Waals surface area contributed by atoms with Crippen molar-refractivity contribution in [1.82, 2.24) is 4.90 Å². The average molecular weight is 262 g/mol. The van der Waals surface area contributed by atoms with Crippen molar-refractivity contribution in [3.8, 4) is 5.75 Å². The van der Waals surface area contributed by atoms with Crippen molar-refractivity contribution in [3.05, 3.63) is 29.8 Å². The van der Waals surface area contributed by atoms with Crippen molar-refractivity contribution >= 4 is 0 Å². The summed E-state index contributed by atoms with van der Waals surface area (Å²) in [6, 6.07) is 8.43. The Labute approximate surface area is 116 Å². The van der Waals surface area contributed by atoms with Gasteiger partial charge in [-0.05, 0) is 62.4 Å². The second kappa shape index (κ2) is 7.51. The van der Waals surface area contributed by atoms with Gasteiger partial charge in [-0.2, -0.15) is 0 Å². The summed E-state index contributed by atoms with van der Waals surface area (Å²) in [5, 5.41) is 0. The summed E-state index contributed by atoms with van der Waals surface area (Å²) in [6.45, 7) is 4.34. The summed E-state index contributed by atoms with van der Waals surface area (Å²) < 4.78 is 5.20. The fraction of sp³-hybridized carbons (Fsp3) is 0.625. The van der Waals surface area contributed by atoms with Crippen LogP contribution in [0.15, 0.2) is 24.3 Å². The maximum absolute atomic E-state index is 5.61. The van der Waals surface area contributed by atoms with Gasteiger partial charge in [0.05, 0.1) is 7.11 Å². The molecule has 1 fully saturated rings. The number of methoxy groups -OCH3 is 1. The second-order valence-corrected chi connectivity index (χ2v) is 5.52. The highest BCUT2D eigenvalue weighted by Gasteiger charge is 2.19. The molecule has 1 saturated heterocycles. The number of nitrogens with two attached hydrogens (primary N) is 1. The topological polar surface area (TPSA) is 38.5 Å². The van der Waals surface area contributed by atoms with E-state index < -0.39 is 0 Å². The van der Waals surface area contributed by atoms with Crippen LogP contribution in [0.4, 0.5) is 0 Å². The zero-order valence-electron chi connectivity index (χ0n) is 12.0. The molecule has 106 valence electrons. The molecule has 0 aromatic heterocycles. The smallest absolute Gasteiger partial charge is 0.118 e. The van der Waals surface area contributed by atoms with Crippen LogP contribution in [0.3, 0.4) is 0 Å². The summed E-state index contributed by atoms with van der Waals surface area (Å²) in [6.07, 6.45) is 5.15. The molecular weight excluding hydrogens is 236 g/mol. The van der Waals surface area contributed by atoms with Crippen LogP contribution in [0.1, 0.15) is 31.2 Å². The minimum Gasteiger partial charge on any atom is -0.497 e. The number of nitrogens with zero attached hydrogens (tertiary/aromatic N) is 1. The normalized spacial score (nSPS) is 20.4. The van der Waals surface area contributed by atoms with E-state index in [4.69, 9.17) is 10.5 Å². The van der Waals surface area contributed by atoms with Crippen LogP contribution in [-0.2, 0) is 6.54 Å². The zero-order valence-corrected chi connectivity index (χ0v) is 12.0. The molecule has 3 heteroatoms. The molecule has 0 saturated carbocycles. The van der Waals surface area contributed by atoms with E-state index in [2.05, 4.69) is 17.0 Å². The lowest BCUT2D eigenvalue weighted by Gasteiger charge is -2.32. The highest BCUT2D eigenvalue weighted by atomic mass is 16.5.